The Kier molecular flexibility index (Phi) is 4.29. The Morgan fingerprint density at radius 2 is 2.26 bits per heavy atom. The molecule has 0 spiro atoms. The molecule has 0 saturated carbocycles. The van der Waals surface area contributed by atoms with Crippen LogP contribution in [0.3, 0.4) is 0 Å². The molecule has 9 heteroatoms. The Balaban J connectivity index is 1.66. The first-order valence-corrected chi connectivity index (χ1v) is 7.72. The summed E-state index contributed by atoms with van der Waals surface area (Å²) in [6, 6.07) is 3.53. The number of anilines is 2. The van der Waals surface area contributed by atoms with Crippen LogP contribution in [0.25, 0.3) is 0 Å². The molecule has 0 saturated heterocycles. The molecule has 1 N–H and O–H groups in total. The van der Waals surface area contributed by atoms with Gasteiger partial charge in [-0.1, -0.05) is 11.3 Å². The Morgan fingerprint density at radius 1 is 1.39 bits per heavy atom. The first kappa shape index (κ1) is 15.1. The van der Waals surface area contributed by atoms with Crippen molar-refractivity contribution < 1.29 is 4.79 Å². The smallest absolute Gasteiger partial charge is 0.259 e. The summed E-state index contributed by atoms with van der Waals surface area (Å²) < 4.78 is 1.96. The number of imidazole rings is 1. The van der Waals surface area contributed by atoms with E-state index in [1.165, 1.54) is 11.3 Å². The van der Waals surface area contributed by atoms with Gasteiger partial charge in [0.05, 0.1) is 12.1 Å². The van der Waals surface area contributed by atoms with Crippen LogP contribution in [0.4, 0.5) is 10.9 Å². The van der Waals surface area contributed by atoms with Crippen molar-refractivity contribution in [3.63, 3.8) is 0 Å². The molecular formula is C14H15N7OS. The molecule has 0 aliphatic heterocycles. The molecule has 0 aliphatic carbocycles. The molecule has 0 fully saturated rings. The predicted molar refractivity (Wildman–Crippen MR) is 87.4 cm³/mol. The van der Waals surface area contributed by atoms with E-state index in [2.05, 4.69) is 25.5 Å². The van der Waals surface area contributed by atoms with Gasteiger partial charge in [0.25, 0.3) is 5.91 Å². The quantitative estimate of drug-likeness (QED) is 0.764. The van der Waals surface area contributed by atoms with Gasteiger partial charge in [0.1, 0.15) is 17.2 Å². The highest BCUT2D eigenvalue weighted by atomic mass is 32.1. The second kappa shape index (κ2) is 6.53. The van der Waals surface area contributed by atoms with Crippen molar-refractivity contribution in [3.05, 3.63) is 47.6 Å². The summed E-state index contributed by atoms with van der Waals surface area (Å²) in [5.41, 5.74) is 2.03. The number of hydrogen-bond acceptors (Lipinski definition) is 7. The van der Waals surface area contributed by atoms with Crippen molar-refractivity contribution in [2.24, 2.45) is 7.05 Å². The maximum Gasteiger partial charge on any atom is 0.259 e. The van der Waals surface area contributed by atoms with Gasteiger partial charge in [0, 0.05) is 32.7 Å². The summed E-state index contributed by atoms with van der Waals surface area (Å²) in [4.78, 5) is 22.6. The van der Waals surface area contributed by atoms with Crippen molar-refractivity contribution in [1.82, 2.24) is 24.7 Å². The van der Waals surface area contributed by atoms with E-state index in [0.717, 1.165) is 11.6 Å². The van der Waals surface area contributed by atoms with E-state index < -0.39 is 0 Å². The molecule has 0 aliphatic rings. The first-order chi connectivity index (χ1) is 11.1. The fourth-order valence-corrected chi connectivity index (χ4v) is 2.42. The van der Waals surface area contributed by atoms with Gasteiger partial charge in [0.15, 0.2) is 0 Å². The minimum absolute atomic E-state index is 0.257. The largest absolute Gasteiger partial charge is 0.352 e. The van der Waals surface area contributed by atoms with Crippen molar-refractivity contribution in [2.75, 3.05) is 17.3 Å². The maximum absolute atomic E-state index is 12.1. The van der Waals surface area contributed by atoms with Gasteiger partial charge >= 0.3 is 0 Å². The highest BCUT2D eigenvalue weighted by Gasteiger charge is 2.11. The third kappa shape index (κ3) is 3.51. The summed E-state index contributed by atoms with van der Waals surface area (Å²) in [6.07, 6.45) is 5.20. The van der Waals surface area contributed by atoms with E-state index in [4.69, 9.17) is 0 Å². The SMILES string of the molecule is CN(Cc1nccn1C)c1ccc(C(=O)Nc2nncs2)cn1. The summed E-state index contributed by atoms with van der Waals surface area (Å²) in [7, 11) is 3.88. The lowest BCUT2D eigenvalue weighted by Gasteiger charge is -2.17. The number of pyridine rings is 1. The van der Waals surface area contributed by atoms with Crippen LogP contribution in [-0.2, 0) is 13.6 Å². The molecule has 1 amide bonds. The maximum atomic E-state index is 12.1. The molecule has 3 aromatic rings. The molecule has 0 radical (unpaired) electrons. The van der Waals surface area contributed by atoms with Crippen LogP contribution in [0.2, 0.25) is 0 Å². The van der Waals surface area contributed by atoms with Crippen molar-refractivity contribution >= 4 is 28.2 Å². The average Bonchev–Trinajstić information content (AvgIpc) is 3.20. The molecule has 0 aromatic carbocycles. The van der Waals surface area contributed by atoms with Crippen LogP contribution in [0.15, 0.2) is 36.2 Å². The van der Waals surface area contributed by atoms with Crippen LogP contribution in [0, 0.1) is 0 Å². The van der Waals surface area contributed by atoms with Crippen LogP contribution in [0.1, 0.15) is 16.2 Å². The Bertz CT molecular complexity index is 782. The van der Waals surface area contributed by atoms with Gasteiger partial charge in [-0.2, -0.15) is 0 Å². The summed E-state index contributed by atoms with van der Waals surface area (Å²) >= 11 is 1.27. The van der Waals surface area contributed by atoms with Gasteiger partial charge in [0.2, 0.25) is 5.13 Å². The Hall–Kier alpha value is -2.81. The normalized spacial score (nSPS) is 10.5. The number of nitrogens with one attached hydrogen (secondary N) is 1. The minimum Gasteiger partial charge on any atom is -0.352 e. The lowest BCUT2D eigenvalue weighted by atomic mass is 10.2. The van der Waals surface area contributed by atoms with Crippen molar-refractivity contribution in [2.45, 2.75) is 6.54 Å². The molecule has 8 nitrogen and oxygen atoms in total. The number of rotatable bonds is 5. The zero-order valence-electron chi connectivity index (χ0n) is 12.7. The fraction of sp³-hybridized carbons (Fsp3) is 0.214. The molecule has 23 heavy (non-hydrogen) atoms. The zero-order chi connectivity index (χ0) is 16.2. The average molecular weight is 329 g/mol. The van der Waals surface area contributed by atoms with Crippen LogP contribution in [-0.4, -0.2) is 37.7 Å². The lowest BCUT2D eigenvalue weighted by Crippen LogP contribution is -2.20. The van der Waals surface area contributed by atoms with E-state index in [0.29, 0.717) is 17.2 Å². The topological polar surface area (TPSA) is 88.8 Å². The van der Waals surface area contributed by atoms with Crippen molar-refractivity contribution in [3.8, 4) is 0 Å². The number of carbonyl (C=O) groups is 1. The summed E-state index contributed by atoms with van der Waals surface area (Å²) in [6.45, 7) is 0.632. The van der Waals surface area contributed by atoms with E-state index >= 15 is 0 Å². The van der Waals surface area contributed by atoms with Crippen LogP contribution in [0.5, 0.6) is 0 Å². The molecular weight excluding hydrogens is 314 g/mol. The van der Waals surface area contributed by atoms with Gasteiger partial charge in [-0.15, -0.1) is 10.2 Å². The van der Waals surface area contributed by atoms with Crippen LogP contribution < -0.4 is 10.2 Å². The third-order valence-corrected chi connectivity index (χ3v) is 3.89. The number of amides is 1. The molecule has 0 bridgehead atoms. The predicted octanol–water partition coefficient (Wildman–Crippen LogP) is 1.56. The molecule has 0 atom stereocenters. The first-order valence-electron chi connectivity index (χ1n) is 6.84. The Labute approximate surface area is 136 Å². The Morgan fingerprint density at radius 3 is 2.87 bits per heavy atom. The monoisotopic (exact) mass is 329 g/mol. The third-order valence-electron chi connectivity index (χ3n) is 3.28. The van der Waals surface area contributed by atoms with Gasteiger partial charge in [-0.25, -0.2) is 9.97 Å². The van der Waals surface area contributed by atoms with Crippen molar-refractivity contribution in [1.29, 1.82) is 0 Å². The number of aryl methyl sites for hydroxylation is 1. The number of carbonyl (C=O) groups excluding carboxylic acids is 1. The van der Waals surface area contributed by atoms with Gasteiger partial charge < -0.3 is 9.47 Å². The molecule has 3 heterocycles. The molecule has 3 rings (SSSR count). The second-order valence-electron chi connectivity index (χ2n) is 4.91. The van der Waals surface area contributed by atoms with E-state index in [1.54, 1.807) is 30.0 Å². The van der Waals surface area contributed by atoms with E-state index in [1.807, 2.05) is 29.8 Å². The number of hydrogen-bond donors (Lipinski definition) is 1. The van der Waals surface area contributed by atoms with E-state index in [-0.39, 0.29) is 5.91 Å². The molecule has 118 valence electrons. The summed E-state index contributed by atoms with van der Waals surface area (Å²) in [5.74, 6) is 1.44. The van der Waals surface area contributed by atoms with Gasteiger partial charge in [-0.3, -0.25) is 10.1 Å². The fourth-order valence-electron chi connectivity index (χ4n) is 1.98. The standard InChI is InChI=1S/C14H15N7OS/c1-20-6-5-15-12(20)8-21(2)11-4-3-10(7-16-11)13(22)18-14-19-17-9-23-14/h3-7,9H,8H2,1-2H3,(H,18,19,22). The zero-order valence-corrected chi connectivity index (χ0v) is 13.5. The minimum atomic E-state index is -0.257. The highest BCUT2D eigenvalue weighted by Crippen LogP contribution is 2.14. The van der Waals surface area contributed by atoms with Gasteiger partial charge in [-0.05, 0) is 12.1 Å². The number of nitrogens with zero attached hydrogens (tertiary/aromatic N) is 6. The summed E-state index contributed by atoms with van der Waals surface area (Å²) in [5, 5.41) is 10.6. The second-order valence-corrected chi connectivity index (χ2v) is 5.75. The molecule has 0 unspecified atom stereocenters. The lowest BCUT2D eigenvalue weighted by molar-refractivity contribution is 0.102. The molecule has 3 aromatic heterocycles. The van der Waals surface area contributed by atoms with Crippen LogP contribution >= 0.6 is 11.3 Å². The van der Waals surface area contributed by atoms with E-state index in [9.17, 15) is 4.79 Å². The highest BCUT2D eigenvalue weighted by molar-refractivity contribution is 7.13. The number of aromatic nitrogens is 5.